The number of fused-ring (bicyclic) bond motifs is 1. The number of carbonyl (C=O) groups is 2. The first-order chi connectivity index (χ1) is 16.6. The molecule has 2 amide bonds. The van der Waals surface area contributed by atoms with E-state index in [2.05, 4.69) is 36.1 Å². The monoisotopic (exact) mass is 455 g/mol. The van der Waals surface area contributed by atoms with E-state index >= 15 is 0 Å². The Morgan fingerprint density at radius 3 is 2.68 bits per heavy atom. The molecule has 4 heterocycles. The van der Waals surface area contributed by atoms with Gasteiger partial charge in [0.1, 0.15) is 0 Å². The van der Waals surface area contributed by atoms with Crippen molar-refractivity contribution in [2.45, 2.75) is 31.8 Å². The maximum atomic E-state index is 12.0. The summed E-state index contributed by atoms with van der Waals surface area (Å²) in [5.41, 5.74) is 3.63. The summed E-state index contributed by atoms with van der Waals surface area (Å²) in [6.07, 6.45) is 9.14. The molecular formula is C23H21N9O2. The third-order valence-corrected chi connectivity index (χ3v) is 5.69. The van der Waals surface area contributed by atoms with Crippen molar-refractivity contribution in [3.05, 3.63) is 65.6 Å². The lowest BCUT2D eigenvalue weighted by molar-refractivity contribution is -0.124. The van der Waals surface area contributed by atoms with Gasteiger partial charge in [-0.2, -0.15) is 24.7 Å². The van der Waals surface area contributed by atoms with Crippen molar-refractivity contribution in [2.24, 2.45) is 0 Å². The van der Waals surface area contributed by atoms with Crippen LogP contribution in [0.3, 0.4) is 0 Å². The molecule has 0 radical (unpaired) electrons. The van der Waals surface area contributed by atoms with Gasteiger partial charge in [0, 0.05) is 36.1 Å². The Balaban J connectivity index is 1.28. The topological polar surface area (TPSA) is 131 Å². The molecule has 1 aliphatic heterocycles. The Bertz CT molecular complexity index is 1420. The standard InChI is InChI=1S/C23H21N9O2/c33-19-11-15(21(34)28-19)10-16-13-26-32-20(16)29-22(30-23(32)27-17-4-5-17)24-12-14-2-6-18(7-3-14)31-9-1-8-25-31/h1-3,6-10,13,17H,4-5,11-12H2,(H,28,33,34)(H2,24,27,29,30)/b15-10+. The lowest BCUT2D eigenvalue weighted by Gasteiger charge is -2.11. The molecule has 0 spiro atoms. The van der Waals surface area contributed by atoms with Gasteiger partial charge >= 0.3 is 0 Å². The van der Waals surface area contributed by atoms with E-state index in [0.29, 0.717) is 41.3 Å². The summed E-state index contributed by atoms with van der Waals surface area (Å²) < 4.78 is 3.43. The number of aromatic nitrogens is 6. The van der Waals surface area contributed by atoms with Gasteiger partial charge in [-0.3, -0.25) is 14.9 Å². The van der Waals surface area contributed by atoms with Crippen LogP contribution in [-0.4, -0.2) is 47.2 Å². The lowest BCUT2D eigenvalue weighted by Crippen LogP contribution is -2.19. The summed E-state index contributed by atoms with van der Waals surface area (Å²) in [4.78, 5) is 32.8. The van der Waals surface area contributed by atoms with E-state index in [-0.39, 0.29) is 18.2 Å². The normalized spacial score (nSPS) is 16.9. The number of rotatable bonds is 7. The molecule has 4 aromatic rings. The molecule has 170 valence electrons. The molecule has 11 heteroatoms. The lowest BCUT2D eigenvalue weighted by atomic mass is 10.1. The van der Waals surface area contributed by atoms with E-state index in [1.54, 1.807) is 27.7 Å². The molecule has 3 N–H and O–H groups in total. The van der Waals surface area contributed by atoms with Gasteiger partial charge in [0.15, 0.2) is 5.65 Å². The zero-order valence-corrected chi connectivity index (χ0v) is 18.1. The van der Waals surface area contributed by atoms with E-state index in [1.165, 1.54) is 0 Å². The third kappa shape index (κ3) is 3.98. The zero-order chi connectivity index (χ0) is 23.1. The Morgan fingerprint density at radius 2 is 1.97 bits per heavy atom. The van der Waals surface area contributed by atoms with Gasteiger partial charge in [-0.05, 0) is 42.7 Å². The molecule has 34 heavy (non-hydrogen) atoms. The van der Waals surface area contributed by atoms with Crippen molar-refractivity contribution in [1.29, 1.82) is 0 Å². The van der Waals surface area contributed by atoms with Gasteiger partial charge < -0.3 is 10.6 Å². The van der Waals surface area contributed by atoms with Crippen molar-refractivity contribution >= 4 is 35.4 Å². The fourth-order valence-electron chi connectivity index (χ4n) is 3.76. The quantitative estimate of drug-likeness (QED) is 0.285. The van der Waals surface area contributed by atoms with Gasteiger partial charge in [0.2, 0.25) is 17.8 Å². The highest BCUT2D eigenvalue weighted by Crippen LogP contribution is 2.26. The molecule has 0 bridgehead atoms. The first-order valence-electron chi connectivity index (χ1n) is 11.0. The van der Waals surface area contributed by atoms with Crippen molar-refractivity contribution in [1.82, 2.24) is 34.7 Å². The minimum atomic E-state index is -0.383. The smallest absolute Gasteiger partial charge is 0.254 e. The van der Waals surface area contributed by atoms with Crippen LogP contribution in [0.2, 0.25) is 0 Å². The van der Waals surface area contributed by atoms with Crippen LogP contribution in [0.1, 0.15) is 30.4 Å². The number of benzene rings is 1. The van der Waals surface area contributed by atoms with E-state index in [1.807, 2.05) is 36.5 Å². The second-order valence-electron chi connectivity index (χ2n) is 8.32. The third-order valence-electron chi connectivity index (χ3n) is 5.69. The van der Waals surface area contributed by atoms with Crippen LogP contribution in [0.15, 0.2) is 54.5 Å². The first-order valence-corrected chi connectivity index (χ1v) is 11.0. The highest BCUT2D eigenvalue weighted by Gasteiger charge is 2.26. The van der Waals surface area contributed by atoms with Crippen LogP contribution in [0.4, 0.5) is 11.9 Å². The largest absolute Gasteiger partial charge is 0.351 e. The van der Waals surface area contributed by atoms with Crippen LogP contribution < -0.4 is 16.0 Å². The molecule has 1 saturated carbocycles. The Labute approximate surface area is 193 Å². The number of hydrogen-bond donors (Lipinski definition) is 3. The average molecular weight is 455 g/mol. The second-order valence-corrected chi connectivity index (χ2v) is 8.32. The number of amides is 2. The van der Waals surface area contributed by atoms with Crippen molar-refractivity contribution in [2.75, 3.05) is 10.6 Å². The van der Waals surface area contributed by atoms with Gasteiger partial charge in [-0.1, -0.05) is 12.1 Å². The number of nitrogens with zero attached hydrogens (tertiary/aromatic N) is 6. The van der Waals surface area contributed by atoms with E-state index < -0.39 is 0 Å². The van der Waals surface area contributed by atoms with Crippen LogP contribution in [0, 0.1) is 0 Å². The van der Waals surface area contributed by atoms with Crippen molar-refractivity contribution < 1.29 is 9.59 Å². The summed E-state index contributed by atoms with van der Waals surface area (Å²) in [5, 5.41) is 17.6. The summed E-state index contributed by atoms with van der Waals surface area (Å²) in [6.45, 7) is 0.528. The molecule has 1 aliphatic carbocycles. The number of carbonyl (C=O) groups excluding carboxylic acids is 2. The molecular weight excluding hydrogens is 434 g/mol. The Kier molecular flexibility index (Phi) is 4.79. The molecule has 3 aromatic heterocycles. The fraction of sp³-hybridized carbons (Fsp3) is 0.217. The van der Waals surface area contributed by atoms with E-state index in [0.717, 1.165) is 24.1 Å². The number of imide groups is 1. The van der Waals surface area contributed by atoms with Crippen molar-refractivity contribution in [3.63, 3.8) is 0 Å². The van der Waals surface area contributed by atoms with Crippen LogP contribution >= 0.6 is 0 Å². The predicted molar refractivity (Wildman–Crippen MR) is 124 cm³/mol. The van der Waals surface area contributed by atoms with E-state index in [4.69, 9.17) is 0 Å². The summed E-state index contributed by atoms with van der Waals surface area (Å²) >= 11 is 0. The SMILES string of the molecule is O=C1C/C(=C\c2cnn3c(NC4CC4)nc(NCc4ccc(-n5cccn5)cc4)nc23)C(=O)N1. The maximum Gasteiger partial charge on any atom is 0.254 e. The molecule has 11 nitrogen and oxygen atoms in total. The number of hydrogen-bond acceptors (Lipinski definition) is 8. The summed E-state index contributed by atoms with van der Waals surface area (Å²) in [6, 6.07) is 10.3. The summed E-state index contributed by atoms with van der Waals surface area (Å²) in [5.74, 6) is 0.338. The van der Waals surface area contributed by atoms with Crippen LogP contribution in [0.5, 0.6) is 0 Å². The minimum absolute atomic E-state index is 0.0497. The molecule has 0 atom stereocenters. The second kappa shape index (κ2) is 8.10. The average Bonchev–Trinajstić information content (AvgIpc) is 3.20. The fourth-order valence-corrected chi connectivity index (χ4v) is 3.76. The highest BCUT2D eigenvalue weighted by molar-refractivity contribution is 6.15. The molecule has 6 rings (SSSR count). The maximum absolute atomic E-state index is 12.0. The molecule has 1 aromatic carbocycles. The zero-order valence-electron chi connectivity index (χ0n) is 18.1. The number of nitrogens with one attached hydrogen (secondary N) is 3. The minimum Gasteiger partial charge on any atom is -0.351 e. The molecule has 0 unspecified atom stereocenters. The Hall–Kier alpha value is -4.54. The van der Waals surface area contributed by atoms with Gasteiger partial charge in [0.25, 0.3) is 5.91 Å². The van der Waals surface area contributed by atoms with Gasteiger partial charge in [-0.25, -0.2) is 4.68 Å². The summed E-state index contributed by atoms with van der Waals surface area (Å²) in [7, 11) is 0. The molecule has 2 aliphatic rings. The molecule has 2 fully saturated rings. The predicted octanol–water partition coefficient (Wildman–Crippen LogP) is 1.93. The van der Waals surface area contributed by atoms with Gasteiger partial charge in [-0.15, -0.1) is 0 Å². The van der Waals surface area contributed by atoms with Crippen LogP contribution in [-0.2, 0) is 16.1 Å². The van der Waals surface area contributed by atoms with Crippen LogP contribution in [0.25, 0.3) is 17.4 Å². The Morgan fingerprint density at radius 1 is 1.12 bits per heavy atom. The first kappa shape index (κ1) is 20.1. The highest BCUT2D eigenvalue weighted by atomic mass is 16.2. The molecule has 1 saturated heterocycles. The van der Waals surface area contributed by atoms with Gasteiger partial charge in [0.05, 0.1) is 18.3 Å². The number of anilines is 2. The van der Waals surface area contributed by atoms with Crippen molar-refractivity contribution in [3.8, 4) is 5.69 Å². The van der Waals surface area contributed by atoms with E-state index in [9.17, 15) is 9.59 Å².